The molecule has 0 fully saturated rings. The Bertz CT molecular complexity index is 685. The van der Waals surface area contributed by atoms with Crippen molar-refractivity contribution in [1.29, 1.82) is 0 Å². The van der Waals surface area contributed by atoms with Crippen LogP contribution < -0.4 is 10.6 Å². The monoisotopic (exact) mass is 462 g/mol. The molecule has 0 unspecified atom stereocenters. The van der Waals surface area contributed by atoms with Crippen molar-refractivity contribution >= 4 is 41.3 Å². The second-order valence-electron chi connectivity index (χ2n) is 5.68. The molecule has 132 valence electrons. The fourth-order valence-corrected chi connectivity index (χ4v) is 2.88. The molecule has 0 aliphatic carbocycles. The summed E-state index contributed by atoms with van der Waals surface area (Å²) in [5, 5.41) is 9.52. The maximum Gasteiger partial charge on any atom is 0.191 e. The molecule has 2 aromatic rings. The molecule has 0 aliphatic rings. The van der Waals surface area contributed by atoms with Crippen LogP contribution in [0.15, 0.2) is 28.6 Å². The molecular formula is C17H24FIN4S. The third-order valence-corrected chi connectivity index (χ3v) is 4.35. The minimum Gasteiger partial charge on any atom is -0.352 e. The van der Waals surface area contributed by atoms with Crippen LogP contribution >= 0.6 is 35.3 Å². The molecule has 24 heavy (non-hydrogen) atoms. The maximum absolute atomic E-state index is 13.5. The summed E-state index contributed by atoms with van der Waals surface area (Å²) in [4.78, 5) is 8.76. The van der Waals surface area contributed by atoms with E-state index in [-0.39, 0.29) is 29.8 Å². The van der Waals surface area contributed by atoms with E-state index in [1.165, 1.54) is 0 Å². The number of guanidine groups is 1. The van der Waals surface area contributed by atoms with E-state index in [4.69, 9.17) is 0 Å². The van der Waals surface area contributed by atoms with E-state index in [0.29, 0.717) is 30.5 Å². The number of aryl methyl sites for hydroxylation is 1. The van der Waals surface area contributed by atoms with Gasteiger partial charge < -0.3 is 10.6 Å². The second-order valence-corrected chi connectivity index (χ2v) is 6.63. The van der Waals surface area contributed by atoms with E-state index in [0.717, 1.165) is 16.3 Å². The van der Waals surface area contributed by atoms with Crippen molar-refractivity contribution in [2.24, 2.45) is 4.99 Å². The topological polar surface area (TPSA) is 49.3 Å². The molecule has 0 bridgehead atoms. The molecule has 2 N–H and O–H groups in total. The third-order valence-electron chi connectivity index (χ3n) is 3.49. The molecule has 0 saturated carbocycles. The van der Waals surface area contributed by atoms with Gasteiger partial charge in [-0.25, -0.2) is 9.37 Å². The lowest BCUT2D eigenvalue weighted by Gasteiger charge is -2.11. The minimum atomic E-state index is -0.184. The molecule has 4 nitrogen and oxygen atoms in total. The van der Waals surface area contributed by atoms with Crippen molar-refractivity contribution in [2.75, 3.05) is 7.05 Å². The quantitative estimate of drug-likeness (QED) is 0.398. The van der Waals surface area contributed by atoms with E-state index in [9.17, 15) is 4.39 Å². The first kappa shape index (κ1) is 20.8. The van der Waals surface area contributed by atoms with Gasteiger partial charge in [0.1, 0.15) is 10.8 Å². The highest BCUT2D eigenvalue weighted by atomic mass is 127. The summed E-state index contributed by atoms with van der Waals surface area (Å²) in [6.07, 6.45) is 0. The summed E-state index contributed by atoms with van der Waals surface area (Å²) >= 11 is 1.64. The summed E-state index contributed by atoms with van der Waals surface area (Å²) in [7, 11) is 1.71. The number of halogens is 2. The SMILES string of the molecule is CN=C(NCc1ccc(C)c(F)c1)NCc1nc(C(C)C)cs1.I. The van der Waals surface area contributed by atoms with Gasteiger partial charge in [-0.05, 0) is 30.0 Å². The van der Waals surface area contributed by atoms with Gasteiger partial charge in [-0.3, -0.25) is 4.99 Å². The minimum absolute atomic E-state index is 0. The van der Waals surface area contributed by atoms with Gasteiger partial charge in [0.25, 0.3) is 0 Å². The molecule has 1 aromatic heterocycles. The first-order valence-electron chi connectivity index (χ1n) is 7.63. The Morgan fingerprint density at radius 3 is 2.58 bits per heavy atom. The molecule has 2 rings (SSSR count). The van der Waals surface area contributed by atoms with Crippen molar-refractivity contribution in [2.45, 2.75) is 39.8 Å². The van der Waals surface area contributed by atoms with E-state index in [1.54, 1.807) is 37.4 Å². The molecule has 1 aromatic carbocycles. The molecule has 0 spiro atoms. The number of hydrogen-bond donors (Lipinski definition) is 2. The van der Waals surface area contributed by atoms with Crippen LogP contribution in [0.3, 0.4) is 0 Å². The average Bonchev–Trinajstić information content (AvgIpc) is 3.00. The largest absolute Gasteiger partial charge is 0.352 e. The van der Waals surface area contributed by atoms with Crippen LogP contribution in [0.5, 0.6) is 0 Å². The van der Waals surface area contributed by atoms with Crippen LogP contribution in [-0.4, -0.2) is 18.0 Å². The van der Waals surface area contributed by atoms with E-state index < -0.39 is 0 Å². The first-order chi connectivity index (χ1) is 11.0. The van der Waals surface area contributed by atoms with Gasteiger partial charge in [0.05, 0.1) is 12.2 Å². The molecule has 7 heteroatoms. The predicted molar refractivity (Wildman–Crippen MR) is 110 cm³/mol. The maximum atomic E-state index is 13.5. The van der Waals surface area contributed by atoms with Crippen molar-refractivity contribution in [3.63, 3.8) is 0 Å². The van der Waals surface area contributed by atoms with E-state index >= 15 is 0 Å². The van der Waals surface area contributed by atoms with Gasteiger partial charge in [-0.2, -0.15) is 0 Å². The number of aromatic nitrogens is 1. The van der Waals surface area contributed by atoms with Crippen molar-refractivity contribution in [3.8, 4) is 0 Å². The third kappa shape index (κ3) is 6.01. The predicted octanol–water partition coefficient (Wildman–Crippen LogP) is 4.20. The van der Waals surface area contributed by atoms with Crippen LogP contribution in [0.2, 0.25) is 0 Å². The van der Waals surface area contributed by atoms with Crippen LogP contribution in [0, 0.1) is 12.7 Å². The van der Waals surface area contributed by atoms with Gasteiger partial charge in [-0.1, -0.05) is 26.0 Å². The fourth-order valence-electron chi connectivity index (χ4n) is 1.98. The Kier molecular flexibility index (Phi) is 8.61. The Balaban J connectivity index is 0.00000288. The molecule has 0 radical (unpaired) electrons. The van der Waals surface area contributed by atoms with Crippen LogP contribution in [0.4, 0.5) is 4.39 Å². The second kappa shape index (κ2) is 9.93. The lowest BCUT2D eigenvalue weighted by atomic mass is 10.1. The normalized spacial score (nSPS) is 11.3. The summed E-state index contributed by atoms with van der Waals surface area (Å²) in [6, 6.07) is 5.24. The van der Waals surface area contributed by atoms with Crippen LogP contribution in [-0.2, 0) is 13.1 Å². The lowest BCUT2D eigenvalue weighted by molar-refractivity contribution is 0.615. The summed E-state index contributed by atoms with van der Waals surface area (Å²) in [5.74, 6) is 0.928. The Morgan fingerprint density at radius 1 is 1.29 bits per heavy atom. The zero-order valence-electron chi connectivity index (χ0n) is 14.4. The molecule has 0 amide bonds. The number of benzene rings is 1. The Labute approximate surface area is 164 Å². The number of thiazole rings is 1. The highest BCUT2D eigenvalue weighted by molar-refractivity contribution is 14.0. The Hall–Kier alpha value is -1.22. The van der Waals surface area contributed by atoms with Gasteiger partial charge >= 0.3 is 0 Å². The fraction of sp³-hybridized carbons (Fsp3) is 0.412. The van der Waals surface area contributed by atoms with Crippen molar-refractivity contribution in [1.82, 2.24) is 15.6 Å². The van der Waals surface area contributed by atoms with Gasteiger partial charge in [0.2, 0.25) is 0 Å². The highest BCUT2D eigenvalue weighted by Gasteiger charge is 2.06. The average molecular weight is 462 g/mol. The molecule has 0 saturated heterocycles. The summed E-state index contributed by atoms with van der Waals surface area (Å²) in [5.41, 5.74) is 2.65. The zero-order valence-corrected chi connectivity index (χ0v) is 17.5. The highest BCUT2D eigenvalue weighted by Crippen LogP contribution is 2.17. The molecule has 0 atom stereocenters. The number of hydrogen-bond acceptors (Lipinski definition) is 3. The smallest absolute Gasteiger partial charge is 0.191 e. The Morgan fingerprint density at radius 2 is 2.00 bits per heavy atom. The number of rotatable bonds is 5. The van der Waals surface area contributed by atoms with Gasteiger partial charge in [-0.15, -0.1) is 35.3 Å². The van der Waals surface area contributed by atoms with E-state index in [1.807, 2.05) is 6.07 Å². The number of nitrogens with zero attached hydrogens (tertiary/aromatic N) is 2. The standard InChI is InChI=1S/C17H23FN4S.HI/c1-11(2)15-10-23-16(22-15)9-21-17(19-4)20-8-13-6-5-12(3)14(18)7-13;/h5-7,10-11H,8-9H2,1-4H3,(H2,19,20,21);1H. The molecule has 0 aliphatic heterocycles. The van der Waals surface area contributed by atoms with Crippen molar-refractivity contribution in [3.05, 3.63) is 51.2 Å². The first-order valence-corrected chi connectivity index (χ1v) is 8.51. The molecule has 1 heterocycles. The summed E-state index contributed by atoms with van der Waals surface area (Å²) < 4.78 is 13.5. The molecular weight excluding hydrogens is 438 g/mol. The van der Waals surface area contributed by atoms with E-state index in [2.05, 4.69) is 39.8 Å². The van der Waals surface area contributed by atoms with Gasteiger partial charge in [0.15, 0.2) is 5.96 Å². The number of nitrogens with one attached hydrogen (secondary N) is 2. The zero-order chi connectivity index (χ0) is 16.8. The lowest BCUT2D eigenvalue weighted by Crippen LogP contribution is -2.36. The summed E-state index contributed by atoms with van der Waals surface area (Å²) in [6.45, 7) is 7.17. The van der Waals surface area contributed by atoms with Crippen LogP contribution in [0.1, 0.15) is 41.6 Å². The van der Waals surface area contributed by atoms with Gasteiger partial charge in [0, 0.05) is 19.0 Å². The number of aliphatic imine (C=N–C) groups is 1. The van der Waals surface area contributed by atoms with Crippen LogP contribution in [0.25, 0.3) is 0 Å². The van der Waals surface area contributed by atoms with Crippen molar-refractivity contribution < 1.29 is 4.39 Å².